The van der Waals surface area contributed by atoms with Crippen molar-refractivity contribution in [2.75, 3.05) is 26.9 Å². The van der Waals surface area contributed by atoms with Crippen molar-refractivity contribution in [2.24, 2.45) is 4.99 Å². The molecule has 0 amide bonds. The van der Waals surface area contributed by atoms with E-state index in [0.717, 1.165) is 36.6 Å². The van der Waals surface area contributed by atoms with E-state index in [1.807, 2.05) is 6.07 Å². The quantitative estimate of drug-likeness (QED) is 0.398. The molecule has 4 rings (SSSR count). The number of nitrogens with one attached hydrogen (secondary N) is 1. The number of aliphatic imine (C=N–C) groups is 1. The Morgan fingerprint density at radius 1 is 1.29 bits per heavy atom. The van der Waals surface area contributed by atoms with Crippen LogP contribution in [0.15, 0.2) is 47.5 Å². The van der Waals surface area contributed by atoms with Gasteiger partial charge in [0.15, 0.2) is 12.8 Å². The summed E-state index contributed by atoms with van der Waals surface area (Å²) in [5.74, 6) is 1.78. The minimum atomic E-state index is -0.278. The summed E-state index contributed by atoms with van der Waals surface area (Å²) in [6.07, 6.45) is 1.10. The Hall–Kier alpha value is -1.87. The molecule has 1 atom stereocenters. The number of halogens is 2. The van der Waals surface area contributed by atoms with Crippen LogP contribution in [-0.4, -0.2) is 37.8 Å². The molecule has 2 aromatic carbocycles. The SMILES string of the molecule is CN=C(NCc1cc(F)cc2c1OCOC2)N1CCC(c2ccccc2)C1.I. The molecule has 0 bridgehead atoms. The topological polar surface area (TPSA) is 46.1 Å². The third-order valence-corrected chi connectivity index (χ3v) is 5.16. The van der Waals surface area contributed by atoms with Crippen molar-refractivity contribution >= 4 is 29.9 Å². The molecule has 1 saturated heterocycles. The van der Waals surface area contributed by atoms with Crippen LogP contribution in [0.3, 0.4) is 0 Å². The molecule has 0 saturated carbocycles. The van der Waals surface area contributed by atoms with E-state index in [2.05, 4.69) is 39.5 Å². The lowest BCUT2D eigenvalue weighted by molar-refractivity contribution is -0.0173. The first kappa shape index (κ1) is 20.9. The minimum Gasteiger partial charge on any atom is -0.467 e. The highest BCUT2D eigenvalue weighted by Crippen LogP contribution is 2.30. The van der Waals surface area contributed by atoms with E-state index in [4.69, 9.17) is 9.47 Å². The summed E-state index contributed by atoms with van der Waals surface area (Å²) < 4.78 is 24.8. The first-order valence-electron chi connectivity index (χ1n) is 9.27. The Balaban J connectivity index is 0.00000225. The average molecular weight is 497 g/mol. The third kappa shape index (κ3) is 4.57. The summed E-state index contributed by atoms with van der Waals surface area (Å²) in [5.41, 5.74) is 2.90. The number of guanidine groups is 1. The summed E-state index contributed by atoms with van der Waals surface area (Å²) in [5, 5.41) is 3.37. The van der Waals surface area contributed by atoms with E-state index in [1.165, 1.54) is 17.7 Å². The predicted molar refractivity (Wildman–Crippen MR) is 118 cm³/mol. The molecule has 0 spiro atoms. The second-order valence-corrected chi connectivity index (χ2v) is 6.91. The summed E-state index contributed by atoms with van der Waals surface area (Å²) >= 11 is 0. The molecule has 7 heteroatoms. The number of rotatable bonds is 3. The molecule has 2 aliphatic heterocycles. The van der Waals surface area contributed by atoms with Crippen LogP contribution in [0.5, 0.6) is 5.75 Å². The van der Waals surface area contributed by atoms with Crippen molar-refractivity contribution < 1.29 is 13.9 Å². The Bertz CT molecular complexity index is 832. The maximum absolute atomic E-state index is 13.9. The lowest BCUT2D eigenvalue weighted by Crippen LogP contribution is -2.39. The van der Waals surface area contributed by atoms with Gasteiger partial charge in [0, 0.05) is 43.7 Å². The molecular formula is C21H25FIN3O2. The Kier molecular flexibility index (Phi) is 7.12. The molecule has 1 N–H and O–H groups in total. The highest BCUT2D eigenvalue weighted by atomic mass is 127. The van der Waals surface area contributed by atoms with Gasteiger partial charge in [-0.05, 0) is 24.1 Å². The maximum Gasteiger partial charge on any atom is 0.193 e. The summed E-state index contributed by atoms with van der Waals surface area (Å²) in [7, 11) is 1.78. The Labute approximate surface area is 182 Å². The lowest BCUT2D eigenvalue weighted by atomic mass is 9.99. The first-order chi connectivity index (χ1) is 13.2. The number of fused-ring (bicyclic) bond motifs is 1. The normalized spacial score (nSPS) is 18.9. The second-order valence-electron chi connectivity index (χ2n) is 6.91. The molecule has 1 unspecified atom stereocenters. The summed E-state index contributed by atoms with van der Waals surface area (Å²) in [6.45, 7) is 2.91. The van der Waals surface area contributed by atoms with Gasteiger partial charge in [0.25, 0.3) is 0 Å². The van der Waals surface area contributed by atoms with Gasteiger partial charge < -0.3 is 19.7 Å². The van der Waals surface area contributed by atoms with Gasteiger partial charge in [-0.15, -0.1) is 24.0 Å². The van der Waals surface area contributed by atoms with Crippen LogP contribution in [-0.2, 0) is 17.9 Å². The van der Waals surface area contributed by atoms with E-state index in [1.54, 1.807) is 7.05 Å². The maximum atomic E-state index is 13.9. The molecular weight excluding hydrogens is 472 g/mol. The molecule has 1 fully saturated rings. The standard InChI is InChI=1S/C21H24FN3O2.HI/c1-23-21(25-8-7-16(12-25)15-5-3-2-4-6-15)24-11-17-9-19(22)10-18-13-26-14-27-20(17)18;/h2-6,9-10,16H,7-8,11-14H2,1H3,(H,23,24);1H. The summed E-state index contributed by atoms with van der Waals surface area (Å²) in [6, 6.07) is 13.6. The molecule has 28 heavy (non-hydrogen) atoms. The first-order valence-corrected chi connectivity index (χ1v) is 9.27. The third-order valence-electron chi connectivity index (χ3n) is 5.16. The van der Waals surface area contributed by atoms with Crippen LogP contribution in [0.25, 0.3) is 0 Å². The van der Waals surface area contributed by atoms with E-state index < -0.39 is 0 Å². The van der Waals surface area contributed by atoms with Crippen LogP contribution in [0.4, 0.5) is 4.39 Å². The van der Waals surface area contributed by atoms with Crippen molar-refractivity contribution in [2.45, 2.75) is 25.5 Å². The van der Waals surface area contributed by atoms with Gasteiger partial charge in [-0.1, -0.05) is 30.3 Å². The number of ether oxygens (including phenoxy) is 2. The predicted octanol–water partition coefficient (Wildman–Crippen LogP) is 3.88. The molecule has 0 radical (unpaired) electrons. The van der Waals surface area contributed by atoms with Gasteiger partial charge in [0.1, 0.15) is 11.6 Å². The molecule has 2 aromatic rings. The fraction of sp³-hybridized carbons (Fsp3) is 0.381. The van der Waals surface area contributed by atoms with Crippen LogP contribution >= 0.6 is 24.0 Å². The Morgan fingerprint density at radius 3 is 2.89 bits per heavy atom. The van der Waals surface area contributed by atoms with Crippen molar-refractivity contribution in [3.63, 3.8) is 0 Å². The molecule has 2 aliphatic rings. The fourth-order valence-corrected chi connectivity index (χ4v) is 3.84. The number of benzene rings is 2. The molecule has 0 aromatic heterocycles. The molecule has 2 heterocycles. The van der Waals surface area contributed by atoms with E-state index in [9.17, 15) is 4.39 Å². The van der Waals surface area contributed by atoms with Gasteiger partial charge in [0.2, 0.25) is 0 Å². The van der Waals surface area contributed by atoms with Crippen LogP contribution in [0.2, 0.25) is 0 Å². The van der Waals surface area contributed by atoms with Crippen LogP contribution < -0.4 is 10.1 Å². The van der Waals surface area contributed by atoms with Gasteiger partial charge in [-0.3, -0.25) is 4.99 Å². The van der Waals surface area contributed by atoms with Gasteiger partial charge in [-0.2, -0.15) is 0 Å². The monoisotopic (exact) mass is 497 g/mol. The van der Waals surface area contributed by atoms with Gasteiger partial charge in [-0.25, -0.2) is 4.39 Å². The zero-order valence-corrected chi connectivity index (χ0v) is 18.2. The Morgan fingerprint density at radius 2 is 2.11 bits per heavy atom. The van der Waals surface area contributed by atoms with Crippen molar-refractivity contribution in [1.82, 2.24) is 10.2 Å². The van der Waals surface area contributed by atoms with Gasteiger partial charge in [0.05, 0.1) is 6.61 Å². The van der Waals surface area contributed by atoms with E-state index >= 15 is 0 Å². The smallest absolute Gasteiger partial charge is 0.193 e. The molecule has 150 valence electrons. The van der Waals surface area contributed by atoms with Gasteiger partial charge >= 0.3 is 0 Å². The van der Waals surface area contributed by atoms with Crippen molar-refractivity contribution in [3.05, 3.63) is 65.0 Å². The zero-order valence-electron chi connectivity index (χ0n) is 15.9. The number of likely N-dealkylation sites (tertiary alicyclic amines) is 1. The second kappa shape index (κ2) is 9.56. The van der Waals surface area contributed by atoms with Crippen LogP contribution in [0.1, 0.15) is 29.0 Å². The number of hydrogen-bond acceptors (Lipinski definition) is 3. The van der Waals surface area contributed by atoms with Crippen LogP contribution in [0, 0.1) is 5.82 Å². The van der Waals surface area contributed by atoms with Crippen molar-refractivity contribution in [1.29, 1.82) is 0 Å². The average Bonchev–Trinajstić information content (AvgIpc) is 3.19. The summed E-state index contributed by atoms with van der Waals surface area (Å²) in [4.78, 5) is 6.68. The molecule has 5 nitrogen and oxygen atoms in total. The lowest BCUT2D eigenvalue weighted by Gasteiger charge is -2.24. The number of hydrogen-bond donors (Lipinski definition) is 1. The largest absolute Gasteiger partial charge is 0.467 e. The highest BCUT2D eigenvalue weighted by molar-refractivity contribution is 14.0. The van der Waals surface area contributed by atoms with E-state index in [0.29, 0.717) is 24.8 Å². The minimum absolute atomic E-state index is 0. The number of nitrogens with zero attached hydrogens (tertiary/aromatic N) is 2. The molecule has 0 aliphatic carbocycles. The fourth-order valence-electron chi connectivity index (χ4n) is 3.84. The zero-order chi connectivity index (χ0) is 18.6. The highest BCUT2D eigenvalue weighted by Gasteiger charge is 2.26. The van der Waals surface area contributed by atoms with Crippen molar-refractivity contribution in [3.8, 4) is 5.75 Å². The van der Waals surface area contributed by atoms with E-state index in [-0.39, 0.29) is 36.6 Å².